The molecule has 0 aromatic rings. The molecule has 4 atom stereocenters. The van der Waals surface area contributed by atoms with Crippen LogP contribution in [0.5, 0.6) is 0 Å². The number of carboxylic acids is 2. The summed E-state index contributed by atoms with van der Waals surface area (Å²) in [7, 11) is 0. The minimum absolute atomic E-state index is 0.312. The van der Waals surface area contributed by atoms with Crippen LogP contribution in [0, 0.1) is 23.7 Å². The summed E-state index contributed by atoms with van der Waals surface area (Å²) < 4.78 is 0. The third-order valence-electron chi connectivity index (χ3n) is 9.64. The average Bonchev–Trinajstić information content (AvgIpc) is 2.94. The first-order valence-electron chi connectivity index (χ1n) is 18.1. The second kappa shape index (κ2) is 26.3. The molecule has 1 aliphatic rings. The Labute approximate surface area is 254 Å². The van der Waals surface area contributed by atoms with Crippen LogP contribution in [0.4, 0.5) is 0 Å². The van der Waals surface area contributed by atoms with E-state index in [-0.39, 0.29) is 0 Å². The highest BCUT2D eigenvalue weighted by Gasteiger charge is 2.34. The Hall–Kier alpha value is -1.32. The van der Waals surface area contributed by atoms with Gasteiger partial charge in [0.15, 0.2) is 0 Å². The van der Waals surface area contributed by atoms with Crippen molar-refractivity contribution >= 4 is 11.9 Å². The van der Waals surface area contributed by atoms with Crippen LogP contribution >= 0.6 is 0 Å². The van der Waals surface area contributed by atoms with Crippen LogP contribution in [0.25, 0.3) is 0 Å². The van der Waals surface area contributed by atoms with Crippen molar-refractivity contribution in [3.63, 3.8) is 0 Å². The van der Waals surface area contributed by atoms with Gasteiger partial charge >= 0.3 is 11.9 Å². The van der Waals surface area contributed by atoms with Crippen LogP contribution < -0.4 is 0 Å². The van der Waals surface area contributed by atoms with E-state index in [4.69, 9.17) is 10.2 Å². The van der Waals surface area contributed by atoms with Gasteiger partial charge in [-0.1, -0.05) is 148 Å². The molecule has 0 aromatic carbocycles. The van der Waals surface area contributed by atoms with Crippen LogP contribution in [0.1, 0.15) is 187 Å². The van der Waals surface area contributed by atoms with Crippen molar-refractivity contribution in [2.45, 2.75) is 187 Å². The van der Waals surface area contributed by atoms with Gasteiger partial charge in [0.05, 0.1) is 0 Å². The number of hydrogen-bond acceptors (Lipinski definition) is 2. The smallest absolute Gasteiger partial charge is 0.303 e. The lowest BCUT2D eigenvalue weighted by atomic mass is 9.64. The molecule has 0 amide bonds. The van der Waals surface area contributed by atoms with Gasteiger partial charge in [0, 0.05) is 12.8 Å². The SMILES string of the molecule is CCCCCCCCCC1C(CCCCCCCC(=O)O)C=CC(CCCCCC)C1CCCCCCCC(=O)O. The van der Waals surface area contributed by atoms with E-state index in [0.717, 1.165) is 49.9 Å². The summed E-state index contributed by atoms with van der Waals surface area (Å²) in [5, 5.41) is 17.8. The first kappa shape index (κ1) is 37.7. The molecule has 0 aliphatic heterocycles. The van der Waals surface area contributed by atoms with E-state index in [1.165, 1.54) is 128 Å². The summed E-state index contributed by atoms with van der Waals surface area (Å²) in [5.74, 6) is 1.74. The van der Waals surface area contributed by atoms with E-state index in [1.54, 1.807) is 0 Å². The second-order valence-corrected chi connectivity index (χ2v) is 13.2. The van der Waals surface area contributed by atoms with Crippen molar-refractivity contribution in [1.82, 2.24) is 0 Å². The highest BCUT2D eigenvalue weighted by molar-refractivity contribution is 5.66. The molecule has 1 rings (SSSR count). The molecule has 4 unspecified atom stereocenters. The largest absolute Gasteiger partial charge is 0.481 e. The lowest BCUT2D eigenvalue weighted by molar-refractivity contribution is -0.138. The van der Waals surface area contributed by atoms with Gasteiger partial charge in [0.25, 0.3) is 0 Å². The zero-order chi connectivity index (χ0) is 30.0. The standard InChI is InChI=1S/C37H68O4/c1-3-5-7-9-10-14-20-26-35-33(25-19-13-11-16-22-28-36(38)39)31-30-32(24-18-8-6-4-2)34(35)27-21-15-12-17-23-29-37(40)41/h30-35H,3-29H2,1-2H3,(H,38,39)(H,40,41). The number of aliphatic carboxylic acids is 2. The van der Waals surface area contributed by atoms with E-state index < -0.39 is 11.9 Å². The normalized spacial score (nSPS) is 20.4. The Balaban J connectivity index is 2.74. The summed E-state index contributed by atoms with van der Waals surface area (Å²) in [6.07, 6.45) is 37.4. The van der Waals surface area contributed by atoms with Crippen molar-refractivity contribution < 1.29 is 19.8 Å². The molecule has 0 saturated heterocycles. The van der Waals surface area contributed by atoms with Gasteiger partial charge in [-0.05, 0) is 62.2 Å². The Kier molecular flexibility index (Phi) is 24.2. The molecule has 4 nitrogen and oxygen atoms in total. The van der Waals surface area contributed by atoms with Crippen molar-refractivity contribution in [2.75, 3.05) is 0 Å². The van der Waals surface area contributed by atoms with Crippen LogP contribution in [0.3, 0.4) is 0 Å². The summed E-state index contributed by atoms with van der Waals surface area (Å²) in [4.78, 5) is 21.6. The Morgan fingerprint density at radius 2 is 0.732 bits per heavy atom. The number of unbranched alkanes of at least 4 members (excludes halogenated alkanes) is 17. The fourth-order valence-corrected chi connectivity index (χ4v) is 7.20. The number of carboxylic acid groups (broad SMARTS) is 2. The summed E-state index contributed by atoms with van der Waals surface area (Å²) in [6, 6.07) is 0. The molecule has 0 fully saturated rings. The van der Waals surface area contributed by atoms with Crippen molar-refractivity contribution in [3.05, 3.63) is 12.2 Å². The highest BCUT2D eigenvalue weighted by Crippen LogP contribution is 2.44. The first-order valence-corrected chi connectivity index (χ1v) is 18.1. The van der Waals surface area contributed by atoms with Crippen molar-refractivity contribution in [1.29, 1.82) is 0 Å². The topological polar surface area (TPSA) is 74.6 Å². The van der Waals surface area contributed by atoms with Crippen LogP contribution in [-0.2, 0) is 9.59 Å². The molecule has 240 valence electrons. The first-order chi connectivity index (χ1) is 20.0. The Morgan fingerprint density at radius 1 is 0.439 bits per heavy atom. The molecular formula is C37H68O4. The predicted octanol–water partition coefficient (Wildman–Crippen LogP) is 11.8. The third-order valence-corrected chi connectivity index (χ3v) is 9.64. The van der Waals surface area contributed by atoms with E-state index in [2.05, 4.69) is 26.0 Å². The number of rotatable bonds is 29. The van der Waals surface area contributed by atoms with Gasteiger partial charge in [-0.3, -0.25) is 9.59 Å². The van der Waals surface area contributed by atoms with E-state index >= 15 is 0 Å². The molecule has 41 heavy (non-hydrogen) atoms. The molecule has 0 aromatic heterocycles. The maximum absolute atomic E-state index is 10.8. The Bertz CT molecular complexity index is 657. The molecule has 0 spiro atoms. The maximum Gasteiger partial charge on any atom is 0.303 e. The predicted molar refractivity (Wildman–Crippen MR) is 174 cm³/mol. The molecule has 0 heterocycles. The quantitative estimate of drug-likeness (QED) is 0.0686. The van der Waals surface area contributed by atoms with Crippen molar-refractivity contribution in [2.24, 2.45) is 23.7 Å². The fraction of sp³-hybridized carbons (Fsp3) is 0.892. The average molecular weight is 577 g/mol. The number of carbonyl (C=O) groups is 2. The monoisotopic (exact) mass is 577 g/mol. The van der Waals surface area contributed by atoms with Crippen molar-refractivity contribution in [3.8, 4) is 0 Å². The minimum Gasteiger partial charge on any atom is -0.481 e. The van der Waals surface area contributed by atoms with E-state index in [1.807, 2.05) is 0 Å². The number of allylic oxidation sites excluding steroid dienone is 2. The van der Waals surface area contributed by atoms with E-state index in [0.29, 0.717) is 18.8 Å². The van der Waals surface area contributed by atoms with Crippen LogP contribution in [-0.4, -0.2) is 22.2 Å². The van der Waals surface area contributed by atoms with Crippen LogP contribution in [0.15, 0.2) is 12.2 Å². The minimum atomic E-state index is -0.666. The van der Waals surface area contributed by atoms with Gasteiger partial charge in [-0.15, -0.1) is 0 Å². The zero-order valence-electron chi connectivity index (χ0n) is 27.3. The molecule has 4 heteroatoms. The van der Waals surface area contributed by atoms with Gasteiger partial charge in [-0.25, -0.2) is 0 Å². The molecule has 0 radical (unpaired) electrons. The molecular weight excluding hydrogens is 508 g/mol. The lowest BCUT2D eigenvalue weighted by Gasteiger charge is -2.41. The highest BCUT2D eigenvalue weighted by atomic mass is 16.4. The molecule has 0 bridgehead atoms. The second-order valence-electron chi connectivity index (χ2n) is 13.2. The summed E-state index contributed by atoms with van der Waals surface area (Å²) in [5.41, 5.74) is 0. The molecule has 2 N–H and O–H groups in total. The van der Waals surface area contributed by atoms with E-state index in [9.17, 15) is 9.59 Å². The Morgan fingerprint density at radius 3 is 1.10 bits per heavy atom. The van der Waals surface area contributed by atoms with Crippen LogP contribution in [0.2, 0.25) is 0 Å². The molecule has 0 saturated carbocycles. The molecule has 1 aliphatic carbocycles. The maximum atomic E-state index is 10.8. The van der Waals surface area contributed by atoms with Gasteiger partial charge < -0.3 is 10.2 Å². The van der Waals surface area contributed by atoms with Gasteiger partial charge in [0.1, 0.15) is 0 Å². The zero-order valence-corrected chi connectivity index (χ0v) is 27.3. The lowest BCUT2D eigenvalue weighted by Crippen LogP contribution is -2.32. The summed E-state index contributed by atoms with van der Waals surface area (Å²) >= 11 is 0. The van der Waals surface area contributed by atoms with Gasteiger partial charge in [-0.2, -0.15) is 0 Å². The third kappa shape index (κ3) is 20.3. The fourth-order valence-electron chi connectivity index (χ4n) is 7.20. The number of hydrogen-bond donors (Lipinski definition) is 2. The summed E-state index contributed by atoms with van der Waals surface area (Å²) in [6.45, 7) is 4.59. The van der Waals surface area contributed by atoms with Gasteiger partial charge in [0.2, 0.25) is 0 Å².